The van der Waals surface area contributed by atoms with Gasteiger partial charge in [-0.1, -0.05) is 28.1 Å². The van der Waals surface area contributed by atoms with Crippen molar-refractivity contribution in [3.63, 3.8) is 0 Å². The molecule has 0 bridgehead atoms. The zero-order valence-electron chi connectivity index (χ0n) is 6.29. The quantitative estimate of drug-likeness (QED) is 0.509. The van der Waals surface area contributed by atoms with Gasteiger partial charge in [-0.3, -0.25) is 4.79 Å². The van der Waals surface area contributed by atoms with Crippen molar-refractivity contribution in [3.05, 3.63) is 12.2 Å². The largest absolute Gasteiger partial charge is 0.299 e. The van der Waals surface area contributed by atoms with Crippen LogP contribution in [-0.4, -0.2) is 11.1 Å². The number of carbonyl (C=O) groups is 1. The molecule has 1 nitrogen and oxygen atoms in total. The number of alkyl halides is 1. The lowest BCUT2D eigenvalue weighted by Gasteiger charge is -2.37. The maximum atomic E-state index is 11.4. The Labute approximate surface area is 75.0 Å². The maximum Gasteiger partial charge on any atom is 0.140 e. The van der Waals surface area contributed by atoms with E-state index in [1.165, 1.54) is 0 Å². The standard InChI is InChI=1S/C9H11BrO/c10-5-4-8-6-2-1-3-7(6)9(8)11/h1-2,6-8H,3-5H2/t6?,7-,8+/m1/s1. The van der Waals surface area contributed by atoms with Gasteiger partial charge in [0, 0.05) is 17.2 Å². The molecule has 3 atom stereocenters. The van der Waals surface area contributed by atoms with Crippen LogP contribution in [0.25, 0.3) is 0 Å². The van der Waals surface area contributed by atoms with Gasteiger partial charge >= 0.3 is 0 Å². The Hall–Kier alpha value is -0.110. The normalized spacial score (nSPS) is 40.5. The van der Waals surface area contributed by atoms with E-state index in [0.717, 1.165) is 18.2 Å². The number of allylic oxidation sites excluding steroid dienone is 2. The average molecular weight is 215 g/mol. The summed E-state index contributed by atoms with van der Waals surface area (Å²) in [4.78, 5) is 11.4. The number of carbonyl (C=O) groups excluding carboxylic acids is 1. The highest BCUT2D eigenvalue weighted by Crippen LogP contribution is 2.45. The summed E-state index contributed by atoms with van der Waals surface area (Å²) in [6.07, 6.45) is 6.40. The van der Waals surface area contributed by atoms with Crippen LogP contribution < -0.4 is 0 Å². The van der Waals surface area contributed by atoms with Crippen molar-refractivity contribution < 1.29 is 4.79 Å². The van der Waals surface area contributed by atoms with Gasteiger partial charge in [0.1, 0.15) is 5.78 Å². The predicted molar refractivity (Wildman–Crippen MR) is 47.6 cm³/mol. The highest BCUT2D eigenvalue weighted by molar-refractivity contribution is 9.09. The number of Topliss-reactive ketones (excluding diaryl/α,β-unsaturated/α-hetero) is 1. The summed E-state index contributed by atoms with van der Waals surface area (Å²) in [5.41, 5.74) is 0. The Kier molecular flexibility index (Phi) is 1.88. The van der Waals surface area contributed by atoms with E-state index in [0.29, 0.717) is 23.5 Å². The van der Waals surface area contributed by atoms with Crippen LogP contribution in [0.1, 0.15) is 12.8 Å². The Bertz CT molecular complexity index is 210. The molecule has 0 N–H and O–H groups in total. The summed E-state index contributed by atoms with van der Waals surface area (Å²) in [5.74, 6) is 1.82. The average Bonchev–Trinajstić information content (AvgIpc) is 2.44. The van der Waals surface area contributed by atoms with E-state index < -0.39 is 0 Å². The van der Waals surface area contributed by atoms with Gasteiger partial charge in [0.15, 0.2) is 0 Å². The van der Waals surface area contributed by atoms with E-state index in [9.17, 15) is 4.79 Å². The van der Waals surface area contributed by atoms with Gasteiger partial charge in [-0.2, -0.15) is 0 Å². The van der Waals surface area contributed by atoms with Gasteiger partial charge < -0.3 is 0 Å². The molecule has 11 heavy (non-hydrogen) atoms. The van der Waals surface area contributed by atoms with Gasteiger partial charge in [0.25, 0.3) is 0 Å². The lowest BCUT2D eigenvalue weighted by molar-refractivity contribution is -0.139. The van der Waals surface area contributed by atoms with Crippen molar-refractivity contribution in [2.24, 2.45) is 17.8 Å². The summed E-state index contributed by atoms with van der Waals surface area (Å²) >= 11 is 3.37. The fraction of sp³-hybridized carbons (Fsp3) is 0.667. The van der Waals surface area contributed by atoms with Gasteiger partial charge in [0.2, 0.25) is 0 Å². The monoisotopic (exact) mass is 214 g/mol. The summed E-state index contributed by atoms with van der Waals surface area (Å²) in [5, 5.41) is 0.959. The first kappa shape index (κ1) is 7.53. The van der Waals surface area contributed by atoms with E-state index in [2.05, 4.69) is 28.1 Å². The number of ketones is 1. The lowest BCUT2D eigenvalue weighted by Crippen LogP contribution is -2.44. The van der Waals surface area contributed by atoms with Gasteiger partial charge in [-0.05, 0) is 18.8 Å². The van der Waals surface area contributed by atoms with E-state index in [1.807, 2.05) is 0 Å². The number of hydrogen-bond acceptors (Lipinski definition) is 1. The van der Waals surface area contributed by atoms with Crippen LogP contribution in [0.3, 0.4) is 0 Å². The molecule has 1 unspecified atom stereocenters. The van der Waals surface area contributed by atoms with Crippen molar-refractivity contribution >= 4 is 21.7 Å². The molecule has 2 aliphatic carbocycles. The zero-order chi connectivity index (χ0) is 7.84. The molecule has 0 amide bonds. The molecule has 2 rings (SSSR count). The summed E-state index contributed by atoms with van der Waals surface area (Å²) in [6.45, 7) is 0. The molecular formula is C9H11BrO. The molecule has 2 heteroatoms. The third kappa shape index (κ3) is 0.994. The van der Waals surface area contributed by atoms with Crippen molar-refractivity contribution in [2.75, 3.05) is 5.33 Å². The molecule has 60 valence electrons. The third-order valence-corrected chi connectivity index (χ3v) is 3.29. The Balaban J connectivity index is 2.02. The molecule has 1 fully saturated rings. The fourth-order valence-electron chi connectivity index (χ4n) is 2.19. The molecule has 1 saturated carbocycles. The second kappa shape index (κ2) is 2.74. The Morgan fingerprint density at radius 1 is 1.64 bits per heavy atom. The maximum absolute atomic E-state index is 11.4. The first-order valence-electron chi connectivity index (χ1n) is 4.11. The zero-order valence-corrected chi connectivity index (χ0v) is 7.88. The molecule has 0 aromatic carbocycles. The van der Waals surface area contributed by atoms with Crippen molar-refractivity contribution in [3.8, 4) is 0 Å². The highest BCUT2D eigenvalue weighted by Gasteiger charge is 2.48. The second-order valence-electron chi connectivity index (χ2n) is 3.33. The number of hydrogen-bond donors (Lipinski definition) is 0. The minimum atomic E-state index is 0.345. The fourth-order valence-corrected chi connectivity index (χ4v) is 2.69. The van der Waals surface area contributed by atoms with E-state index in [4.69, 9.17) is 0 Å². The summed E-state index contributed by atoms with van der Waals surface area (Å²) < 4.78 is 0. The molecule has 0 aromatic rings. The van der Waals surface area contributed by atoms with Crippen LogP contribution in [0.5, 0.6) is 0 Å². The Morgan fingerprint density at radius 2 is 2.45 bits per heavy atom. The minimum absolute atomic E-state index is 0.345. The topological polar surface area (TPSA) is 17.1 Å². The summed E-state index contributed by atoms with van der Waals surface area (Å²) in [6, 6.07) is 0. The summed E-state index contributed by atoms with van der Waals surface area (Å²) in [7, 11) is 0. The van der Waals surface area contributed by atoms with Crippen LogP contribution in [-0.2, 0) is 4.79 Å². The molecule has 2 aliphatic rings. The van der Waals surface area contributed by atoms with Gasteiger partial charge in [-0.25, -0.2) is 0 Å². The van der Waals surface area contributed by atoms with E-state index >= 15 is 0 Å². The van der Waals surface area contributed by atoms with Gasteiger partial charge in [0.05, 0.1) is 0 Å². The SMILES string of the molecule is O=C1[C@@H](CCBr)C2C=CC[C@@H]12. The number of halogens is 1. The van der Waals surface area contributed by atoms with Crippen molar-refractivity contribution in [1.82, 2.24) is 0 Å². The lowest BCUT2D eigenvalue weighted by atomic mass is 9.64. The minimum Gasteiger partial charge on any atom is -0.299 e. The van der Waals surface area contributed by atoms with Crippen LogP contribution in [0.2, 0.25) is 0 Å². The smallest absolute Gasteiger partial charge is 0.140 e. The molecule has 0 heterocycles. The van der Waals surface area contributed by atoms with Crippen LogP contribution in [0.4, 0.5) is 0 Å². The van der Waals surface area contributed by atoms with Crippen LogP contribution in [0.15, 0.2) is 12.2 Å². The Morgan fingerprint density at radius 3 is 3.18 bits per heavy atom. The molecule has 0 saturated heterocycles. The molecule has 0 spiro atoms. The van der Waals surface area contributed by atoms with Crippen LogP contribution in [0, 0.1) is 17.8 Å². The highest BCUT2D eigenvalue weighted by atomic mass is 79.9. The van der Waals surface area contributed by atoms with E-state index in [1.54, 1.807) is 0 Å². The molecule has 0 aliphatic heterocycles. The van der Waals surface area contributed by atoms with Crippen LogP contribution >= 0.6 is 15.9 Å². The molecular weight excluding hydrogens is 204 g/mol. The van der Waals surface area contributed by atoms with Crippen molar-refractivity contribution in [2.45, 2.75) is 12.8 Å². The third-order valence-electron chi connectivity index (χ3n) is 2.83. The predicted octanol–water partition coefficient (Wildman–Crippen LogP) is 2.16. The molecule has 0 aromatic heterocycles. The molecule has 0 radical (unpaired) electrons. The first-order chi connectivity index (χ1) is 5.34. The van der Waals surface area contributed by atoms with Crippen molar-refractivity contribution in [1.29, 1.82) is 0 Å². The van der Waals surface area contributed by atoms with E-state index in [-0.39, 0.29) is 0 Å². The number of fused-ring (bicyclic) bond motifs is 1. The second-order valence-corrected chi connectivity index (χ2v) is 4.13. The number of rotatable bonds is 2. The van der Waals surface area contributed by atoms with Gasteiger partial charge in [-0.15, -0.1) is 0 Å². The first-order valence-corrected chi connectivity index (χ1v) is 5.23.